The summed E-state index contributed by atoms with van der Waals surface area (Å²) >= 11 is 5.69. The SMILES string of the molecule is COc1ccc(/C=C/c2nn([C@@H]3O[C@H](COC(C)=O)[C@@H](OC(C)=O)[C@H](OC(C)=O)[C@H]3OC(C)=O)c(=S)n(/N=C/c3ccccc3)c2=O)cc1. The number of nitrogens with zero attached hydrogens (tertiary/aromatic N) is 4. The molecule has 0 saturated carbocycles. The molecule has 4 rings (SSSR count). The Kier molecular flexibility index (Phi) is 12.3. The summed E-state index contributed by atoms with van der Waals surface area (Å²) < 4.78 is 34.9. The summed E-state index contributed by atoms with van der Waals surface area (Å²) in [5.74, 6) is -2.48. The summed E-state index contributed by atoms with van der Waals surface area (Å²) in [5, 5.41) is 8.80. The van der Waals surface area contributed by atoms with Gasteiger partial charge in [0.15, 0.2) is 30.2 Å². The van der Waals surface area contributed by atoms with E-state index < -0.39 is 66.7 Å². The molecule has 49 heavy (non-hydrogen) atoms. The van der Waals surface area contributed by atoms with Gasteiger partial charge in [0.05, 0.1) is 13.3 Å². The van der Waals surface area contributed by atoms with Crippen molar-refractivity contribution >= 4 is 54.5 Å². The third-order valence-electron chi connectivity index (χ3n) is 6.88. The first-order chi connectivity index (χ1) is 23.4. The van der Waals surface area contributed by atoms with Crippen LogP contribution in [0.4, 0.5) is 0 Å². The van der Waals surface area contributed by atoms with Gasteiger partial charge in [0.2, 0.25) is 4.77 Å². The van der Waals surface area contributed by atoms with E-state index in [0.29, 0.717) is 16.9 Å². The number of aromatic nitrogens is 3. The zero-order valence-corrected chi connectivity index (χ0v) is 28.0. The molecule has 0 amide bonds. The molecule has 16 heteroatoms. The molecule has 1 aliphatic rings. The Morgan fingerprint density at radius 3 is 2.04 bits per heavy atom. The van der Waals surface area contributed by atoms with Crippen molar-refractivity contribution in [1.29, 1.82) is 0 Å². The fraction of sp³-hybridized carbons (Fsp3) is 0.333. The quantitative estimate of drug-likeness (QED) is 0.124. The van der Waals surface area contributed by atoms with E-state index in [2.05, 4.69) is 10.2 Å². The Bertz CT molecular complexity index is 1850. The van der Waals surface area contributed by atoms with E-state index in [9.17, 15) is 24.0 Å². The molecule has 0 unspecified atom stereocenters. The molecule has 258 valence electrons. The lowest BCUT2D eigenvalue weighted by Crippen LogP contribution is -2.61. The number of ether oxygens (including phenoxy) is 6. The van der Waals surface area contributed by atoms with Crippen molar-refractivity contribution < 1.29 is 47.6 Å². The molecule has 15 nitrogen and oxygen atoms in total. The van der Waals surface area contributed by atoms with E-state index in [1.165, 1.54) is 19.4 Å². The predicted molar refractivity (Wildman–Crippen MR) is 176 cm³/mol. The summed E-state index contributed by atoms with van der Waals surface area (Å²) in [6.45, 7) is 4.00. The summed E-state index contributed by atoms with van der Waals surface area (Å²) in [5.41, 5.74) is 0.476. The molecular weight excluding hydrogens is 660 g/mol. The summed E-state index contributed by atoms with van der Waals surface area (Å²) in [7, 11) is 1.54. The van der Waals surface area contributed by atoms with Gasteiger partial charge < -0.3 is 28.4 Å². The number of benzene rings is 2. The molecule has 5 atom stereocenters. The van der Waals surface area contributed by atoms with Crippen molar-refractivity contribution in [2.45, 2.75) is 58.3 Å². The van der Waals surface area contributed by atoms with Gasteiger partial charge in [-0.2, -0.15) is 14.9 Å². The number of hydrogen-bond acceptors (Lipinski definition) is 14. The van der Waals surface area contributed by atoms with Gasteiger partial charge in [-0.15, -0.1) is 0 Å². The second-order valence-electron chi connectivity index (χ2n) is 10.6. The average Bonchev–Trinajstić information content (AvgIpc) is 3.05. The van der Waals surface area contributed by atoms with Crippen LogP contribution >= 0.6 is 12.2 Å². The van der Waals surface area contributed by atoms with Crippen LogP contribution in [0.25, 0.3) is 12.2 Å². The molecule has 1 aromatic heterocycles. The number of hydrogen-bond donors (Lipinski definition) is 0. The predicted octanol–water partition coefficient (Wildman–Crippen LogP) is 3.09. The number of rotatable bonds is 11. The van der Waals surface area contributed by atoms with E-state index in [0.717, 1.165) is 37.1 Å². The lowest BCUT2D eigenvalue weighted by atomic mass is 9.97. The molecule has 0 spiro atoms. The van der Waals surface area contributed by atoms with Crippen LogP contribution in [0.2, 0.25) is 0 Å². The normalized spacial score (nSPS) is 20.5. The second-order valence-corrected chi connectivity index (χ2v) is 10.9. The number of esters is 4. The van der Waals surface area contributed by atoms with Gasteiger partial charge in [0, 0.05) is 27.7 Å². The molecule has 3 aromatic rings. The van der Waals surface area contributed by atoms with E-state index in [1.54, 1.807) is 54.6 Å². The number of carbonyl (C=O) groups excluding carboxylic acids is 4. The zero-order valence-electron chi connectivity index (χ0n) is 27.2. The van der Waals surface area contributed by atoms with Gasteiger partial charge in [-0.05, 0) is 41.6 Å². The first kappa shape index (κ1) is 36.4. The molecule has 1 fully saturated rings. The van der Waals surface area contributed by atoms with Crippen LogP contribution in [0, 0.1) is 4.77 Å². The van der Waals surface area contributed by atoms with Crippen molar-refractivity contribution in [3.63, 3.8) is 0 Å². The van der Waals surface area contributed by atoms with Crippen molar-refractivity contribution in [3.05, 3.63) is 86.5 Å². The van der Waals surface area contributed by atoms with Crippen molar-refractivity contribution in [1.82, 2.24) is 14.5 Å². The zero-order chi connectivity index (χ0) is 35.7. The Morgan fingerprint density at radius 1 is 0.837 bits per heavy atom. The van der Waals surface area contributed by atoms with Crippen LogP contribution in [0.1, 0.15) is 50.7 Å². The largest absolute Gasteiger partial charge is 0.497 e. The molecule has 0 radical (unpaired) electrons. The maximum absolute atomic E-state index is 13.8. The van der Waals surface area contributed by atoms with Crippen LogP contribution in [0.5, 0.6) is 5.75 Å². The molecule has 1 aliphatic heterocycles. The van der Waals surface area contributed by atoms with Crippen LogP contribution < -0.4 is 10.3 Å². The summed E-state index contributed by atoms with van der Waals surface area (Å²) in [6.07, 6.45) is -2.81. The van der Waals surface area contributed by atoms with E-state index in [4.69, 9.17) is 40.6 Å². The van der Waals surface area contributed by atoms with Crippen LogP contribution in [0.3, 0.4) is 0 Å². The topological polar surface area (TPSA) is 176 Å². The van der Waals surface area contributed by atoms with Crippen molar-refractivity contribution in [3.8, 4) is 5.75 Å². The van der Waals surface area contributed by atoms with E-state index >= 15 is 0 Å². The highest BCUT2D eigenvalue weighted by Crippen LogP contribution is 2.34. The lowest BCUT2D eigenvalue weighted by Gasteiger charge is -2.44. The summed E-state index contributed by atoms with van der Waals surface area (Å²) in [4.78, 5) is 62.5. The maximum atomic E-state index is 13.8. The van der Waals surface area contributed by atoms with Gasteiger partial charge in [-0.3, -0.25) is 24.0 Å². The van der Waals surface area contributed by atoms with Crippen LogP contribution in [0.15, 0.2) is 64.5 Å². The highest BCUT2D eigenvalue weighted by Gasteiger charge is 2.53. The highest BCUT2D eigenvalue weighted by atomic mass is 32.1. The molecule has 0 N–H and O–H groups in total. The Labute approximate surface area is 285 Å². The van der Waals surface area contributed by atoms with Gasteiger partial charge in [-0.1, -0.05) is 48.5 Å². The molecule has 0 bridgehead atoms. The standard InChI is InChI=1S/C33H34N4O11S/c1-19(38)44-18-27-28(45-20(2)39)29(46-21(3)40)30(47-22(4)41)32(48-27)37-33(49)36(34-17-24-9-7-6-8-10-24)31(42)26(35-37)16-13-23-11-14-25(43-5)15-12-23/h6-17,27-30,32H,18H2,1-5H3/b16-13+,34-17+/t27-,28-,29+,30-,32-/m1/s1. The van der Waals surface area contributed by atoms with E-state index in [-0.39, 0.29) is 10.5 Å². The maximum Gasteiger partial charge on any atom is 0.303 e. The molecule has 2 aromatic carbocycles. The number of methoxy groups -OCH3 is 1. The molecule has 2 heterocycles. The van der Waals surface area contributed by atoms with Crippen molar-refractivity contribution in [2.75, 3.05) is 13.7 Å². The van der Waals surface area contributed by atoms with Gasteiger partial charge in [0.1, 0.15) is 18.5 Å². The van der Waals surface area contributed by atoms with Crippen LogP contribution in [-0.4, -0.2) is 82.7 Å². The molecule has 1 saturated heterocycles. The van der Waals surface area contributed by atoms with E-state index in [1.807, 2.05) is 6.07 Å². The fourth-order valence-electron chi connectivity index (χ4n) is 4.82. The Hall–Kier alpha value is -5.48. The Morgan fingerprint density at radius 2 is 1.45 bits per heavy atom. The van der Waals surface area contributed by atoms with Gasteiger partial charge in [-0.25, -0.2) is 4.68 Å². The smallest absolute Gasteiger partial charge is 0.303 e. The minimum atomic E-state index is -1.54. The van der Waals surface area contributed by atoms with Gasteiger partial charge >= 0.3 is 29.4 Å². The highest BCUT2D eigenvalue weighted by molar-refractivity contribution is 7.71. The first-order valence-corrected chi connectivity index (χ1v) is 15.3. The number of carbonyl (C=O) groups is 4. The third kappa shape index (κ3) is 9.55. The van der Waals surface area contributed by atoms with Crippen LogP contribution in [-0.2, 0) is 42.9 Å². The fourth-order valence-corrected chi connectivity index (χ4v) is 5.10. The Balaban J connectivity index is 1.94. The molecule has 0 aliphatic carbocycles. The minimum Gasteiger partial charge on any atom is -0.497 e. The second kappa shape index (κ2) is 16.6. The summed E-state index contributed by atoms with van der Waals surface area (Å²) in [6, 6.07) is 15.9. The molecular formula is C33H34N4O11S. The third-order valence-corrected chi connectivity index (χ3v) is 7.24. The van der Waals surface area contributed by atoms with Gasteiger partial charge in [0.25, 0.3) is 0 Å². The monoisotopic (exact) mass is 694 g/mol. The minimum absolute atomic E-state index is 0.164. The average molecular weight is 695 g/mol. The van der Waals surface area contributed by atoms with Crippen molar-refractivity contribution in [2.24, 2.45) is 5.10 Å². The lowest BCUT2D eigenvalue weighted by molar-refractivity contribution is -0.271. The first-order valence-electron chi connectivity index (χ1n) is 14.9.